The molecule has 0 atom stereocenters. The SMILES string of the molecule is O=c1/c(=C/c2ccc(C(F)(F)F)cc2)sc2nc3cccnc3n12. The number of rotatable bonds is 1. The van der Waals surface area contributed by atoms with Gasteiger partial charge in [0.2, 0.25) is 0 Å². The van der Waals surface area contributed by atoms with E-state index in [1.807, 2.05) is 0 Å². The average molecular weight is 347 g/mol. The van der Waals surface area contributed by atoms with E-state index in [9.17, 15) is 18.0 Å². The minimum absolute atomic E-state index is 0.281. The van der Waals surface area contributed by atoms with Gasteiger partial charge in [-0.05, 0) is 35.9 Å². The summed E-state index contributed by atoms with van der Waals surface area (Å²) in [5, 5.41) is 0. The fraction of sp³-hybridized carbons (Fsp3) is 0.0625. The highest BCUT2D eigenvalue weighted by Crippen LogP contribution is 2.29. The van der Waals surface area contributed by atoms with Gasteiger partial charge in [-0.3, -0.25) is 4.79 Å². The zero-order chi connectivity index (χ0) is 16.9. The molecule has 0 saturated heterocycles. The summed E-state index contributed by atoms with van der Waals surface area (Å²) in [6, 6.07) is 8.15. The maximum Gasteiger partial charge on any atom is 0.416 e. The van der Waals surface area contributed by atoms with E-state index in [2.05, 4.69) is 9.97 Å². The second kappa shape index (κ2) is 5.13. The van der Waals surface area contributed by atoms with E-state index in [1.54, 1.807) is 24.4 Å². The fourth-order valence-electron chi connectivity index (χ4n) is 2.41. The molecule has 3 heterocycles. The summed E-state index contributed by atoms with van der Waals surface area (Å²) in [6.45, 7) is 0. The van der Waals surface area contributed by atoms with Crippen LogP contribution in [0.25, 0.3) is 22.2 Å². The molecular weight excluding hydrogens is 339 g/mol. The first-order valence-corrected chi connectivity index (χ1v) is 7.70. The fourth-order valence-corrected chi connectivity index (χ4v) is 3.38. The number of alkyl halides is 3. The zero-order valence-corrected chi connectivity index (χ0v) is 12.7. The standard InChI is InChI=1S/C16H8F3N3OS/c17-16(18,19)10-5-3-9(4-6-10)8-12-14(23)22-13-11(2-1-7-20-13)21-15(22)24-12/h1-8H/b12-8-. The van der Waals surface area contributed by atoms with E-state index in [4.69, 9.17) is 0 Å². The van der Waals surface area contributed by atoms with Crippen LogP contribution in [0.5, 0.6) is 0 Å². The van der Waals surface area contributed by atoms with Gasteiger partial charge in [0.1, 0.15) is 5.52 Å². The van der Waals surface area contributed by atoms with Gasteiger partial charge in [0.25, 0.3) is 5.56 Å². The number of aromatic nitrogens is 3. The highest BCUT2D eigenvalue weighted by Gasteiger charge is 2.29. The Hall–Kier alpha value is -2.74. The summed E-state index contributed by atoms with van der Waals surface area (Å²) in [7, 11) is 0. The number of hydrogen-bond acceptors (Lipinski definition) is 4. The van der Waals surface area contributed by atoms with Crippen LogP contribution in [0.2, 0.25) is 0 Å². The molecule has 120 valence electrons. The van der Waals surface area contributed by atoms with Gasteiger partial charge in [-0.15, -0.1) is 0 Å². The Kier molecular flexibility index (Phi) is 3.17. The Morgan fingerprint density at radius 1 is 1.12 bits per heavy atom. The number of nitrogens with zero attached hydrogens (tertiary/aromatic N) is 3. The highest BCUT2D eigenvalue weighted by molar-refractivity contribution is 7.15. The summed E-state index contributed by atoms with van der Waals surface area (Å²) in [5.74, 6) is 0. The Bertz CT molecular complexity index is 1160. The summed E-state index contributed by atoms with van der Waals surface area (Å²) in [4.78, 5) is 21.5. The highest BCUT2D eigenvalue weighted by atomic mass is 32.1. The lowest BCUT2D eigenvalue weighted by atomic mass is 10.1. The van der Waals surface area contributed by atoms with Gasteiger partial charge in [0, 0.05) is 6.20 Å². The summed E-state index contributed by atoms with van der Waals surface area (Å²) in [6.07, 6.45) is -1.25. The van der Waals surface area contributed by atoms with Crippen LogP contribution in [0.15, 0.2) is 47.4 Å². The number of halogens is 3. The van der Waals surface area contributed by atoms with Crippen molar-refractivity contribution in [3.63, 3.8) is 0 Å². The van der Waals surface area contributed by atoms with Crippen molar-refractivity contribution in [2.45, 2.75) is 6.18 Å². The first kappa shape index (κ1) is 14.8. The third kappa shape index (κ3) is 2.35. The predicted octanol–water partition coefficient (Wildman–Crippen LogP) is 2.87. The van der Waals surface area contributed by atoms with E-state index >= 15 is 0 Å². The monoisotopic (exact) mass is 347 g/mol. The Balaban J connectivity index is 1.86. The first-order valence-electron chi connectivity index (χ1n) is 6.88. The lowest BCUT2D eigenvalue weighted by molar-refractivity contribution is -0.137. The lowest BCUT2D eigenvalue weighted by Gasteiger charge is -2.05. The van der Waals surface area contributed by atoms with Crippen LogP contribution in [0.1, 0.15) is 11.1 Å². The number of imidazole rings is 1. The van der Waals surface area contributed by atoms with E-state index in [0.29, 0.717) is 26.2 Å². The van der Waals surface area contributed by atoms with Crippen LogP contribution in [0, 0.1) is 0 Å². The molecule has 4 rings (SSSR count). The number of pyridine rings is 1. The second-order valence-corrected chi connectivity index (χ2v) is 6.12. The normalized spacial score (nSPS) is 13.2. The molecule has 0 aliphatic carbocycles. The number of benzene rings is 1. The second-order valence-electron chi connectivity index (χ2n) is 5.11. The van der Waals surface area contributed by atoms with Gasteiger partial charge < -0.3 is 0 Å². The number of fused-ring (bicyclic) bond motifs is 3. The molecule has 0 saturated carbocycles. The third-order valence-corrected chi connectivity index (χ3v) is 4.50. The summed E-state index contributed by atoms with van der Waals surface area (Å²) in [5.41, 5.74) is 0.610. The van der Waals surface area contributed by atoms with Crippen LogP contribution >= 0.6 is 11.3 Å². The van der Waals surface area contributed by atoms with Crippen LogP contribution in [0.4, 0.5) is 13.2 Å². The number of hydrogen-bond donors (Lipinski definition) is 0. The summed E-state index contributed by atoms with van der Waals surface area (Å²) >= 11 is 1.18. The van der Waals surface area contributed by atoms with Crippen LogP contribution in [-0.4, -0.2) is 14.4 Å². The van der Waals surface area contributed by atoms with Crippen LogP contribution < -0.4 is 10.1 Å². The maximum absolute atomic E-state index is 12.6. The largest absolute Gasteiger partial charge is 0.416 e. The quantitative estimate of drug-likeness (QED) is 0.532. The van der Waals surface area contributed by atoms with E-state index in [-0.39, 0.29) is 5.56 Å². The van der Waals surface area contributed by atoms with Crippen molar-refractivity contribution in [3.8, 4) is 0 Å². The van der Waals surface area contributed by atoms with Gasteiger partial charge in [-0.2, -0.15) is 13.2 Å². The molecular formula is C16H8F3N3OS. The minimum Gasteiger partial charge on any atom is -0.267 e. The molecule has 0 aliphatic heterocycles. The van der Waals surface area contributed by atoms with E-state index in [0.717, 1.165) is 12.1 Å². The third-order valence-electron chi connectivity index (χ3n) is 3.54. The molecule has 8 heteroatoms. The van der Waals surface area contributed by atoms with Gasteiger partial charge >= 0.3 is 6.18 Å². The molecule has 4 nitrogen and oxygen atoms in total. The first-order chi connectivity index (χ1) is 11.4. The van der Waals surface area contributed by atoms with Gasteiger partial charge in [-0.1, -0.05) is 23.5 Å². The lowest BCUT2D eigenvalue weighted by Crippen LogP contribution is -2.22. The zero-order valence-electron chi connectivity index (χ0n) is 11.9. The molecule has 0 N–H and O–H groups in total. The van der Waals surface area contributed by atoms with Crippen LogP contribution in [-0.2, 0) is 6.18 Å². The smallest absolute Gasteiger partial charge is 0.267 e. The van der Waals surface area contributed by atoms with Crippen molar-refractivity contribution in [1.29, 1.82) is 0 Å². The Morgan fingerprint density at radius 2 is 1.88 bits per heavy atom. The molecule has 4 aromatic rings. The molecule has 0 fully saturated rings. The minimum atomic E-state index is -4.38. The molecule has 0 amide bonds. The topological polar surface area (TPSA) is 47.3 Å². The molecule has 0 unspecified atom stereocenters. The van der Waals surface area contributed by atoms with E-state index < -0.39 is 11.7 Å². The molecule has 0 bridgehead atoms. The molecule has 1 aromatic carbocycles. The van der Waals surface area contributed by atoms with Gasteiger partial charge in [0.15, 0.2) is 10.6 Å². The van der Waals surface area contributed by atoms with Crippen molar-refractivity contribution < 1.29 is 13.2 Å². The molecule has 0 radical (unpaired) electrons. The molecule has 0 aliphatic rings. The van der Waals surface area contributed by atoms with Crippen molar-refractivity contribution in [2.24, 2.45) is 0 Å². The average Bonchev–Trinajstić information content (AvgIpc) is 3.04. The van der Waals surface area contributed by atoms with Crippen molar-refractivity contribution >= 4 is 33.5 Å². The summed E-state index contributed by atoms with van der Waals surface area (Å²) < 4.78 is 39.5. The molecule has 24 heavy (non-hydrogen) atoms. The maximum atomic E-state index is 12.6. The Labute approximate surface area is 136 Å². The van der Waals surface area contributed by atoms with Crippen molar-refractivity contribution in [1.82, 2.24) is 14.4 Å². The predicted molar refractivity (Wildman–Crippen MR) is 84.9 cm³/mol. The Morgan fingerprint density at radius 3 is 2.58 bits per heavy atom. The van der Waals surface area contributed by atoms with E-state index in [1.165, 1.54) is 27.9 Å². The van der Waals surface area contributed by atoms with Crippen molar-refractivity contribution in [2.75, 3.05) is 0 Å². The van der Waals surface area contributed by atoms with Crippen molar-refractivity contribution in [3.05, 3.63) is 68.6 Å². The molecule has 0 spiro atoms. The van der Waals surface area contributed by atoms with Gasteiger partial charge in [-0.25, -0.2) is 14.4 Å². The number of thiazole rings is 1. The van der Waals surface area contributed by atoms with Gasteiger partial charge in [0.05, 0.1) is 10.1 Å². The van der Waals surface area contributed by atoms with Crippen LogP contribution in [0.3, 0.4) is 0 Å². The molecule has 3 aromatic heterocycles.